The SMILES string of the molecule is CCn1cc([C@H]2OCC[C@@H]2CNCc2cccc(OC)c2OC)cn1. The molecule has 25 heavy (non-hydrogen) atoms. The van der Waals surface area contributed by atoms with Crippen LogP contribution in [0.15, 0.2) is 30.6 Å². The first-order valence-corrected chi connectivity index (χ1v) is 8.81. The Labute approximate surface area is 149 Å². The summed E-state index contributed by atoms with van der Waals surface area (Å²) in [6.07, 6.45) is 5.20. The molecule has 1 fully saturated rings. The molecule has 0 radical (unpaired) electrons. The van der Waals surface area contributed by atoms with Gasteiger partial charge in [-0.1, -0.05) is 12.1 Å². The number of methoxy groups -OCH3 is 2. The van der Waals surface area contributed by atoms with E-state index in [2.05, 4.69) is 29.6 Å². The van der Waals surface area contributed by atoms with Crippen molar-refractivity contribution < 1.29 is 14.2 Å². The van der Waals surface area contributed by atoms with E-state index in [1.54, 1.807) is 14.2 Å². The zero-order valence-electron chi connectivity index (χ0n) is 15.2. The van der Waals surface area contributed by atoms with Crippen molar-refractivity contribution >= 4 is 0 Å². The molecular formula is C19H27N3O3. The predicted octanol–water partition coefficient (Wildman–Crippen LogP) is 2.79. The molecule has 0 amide bonds. The van der Waals surface area contributed by atoms with Crippen LogP contribution in [0.2, 0.25) is 0 Å². The monoisotopic (exact) mass is 345 g/mol. The number of nitrogens with one attached hydrogen (secondary N) is 1. The zero-order valence-corrected chi connectivity index (χ0v) is 15.2. The molecule has 2 atom stereocenters. The summed E-state index contributed by atoms with van der Waals surface area (Å²) in [6, 6.07) is 5.95. The number of rotatable bonds is 8. The third-order valence-corrected chi connectivity index (χ3v) is 4.73. The molecule has 1 aliphatic rings. The van der Waals surface area contributed by atoms with Crippen molar-refractivity contribution in [1.82, 2.24) is 15.1 Å². The maximum atomic E-state index is 5.96. The number of aromatic nitrogens is 2. The van der Waals surface area contributed by atoms with Crippen LogP contribution in [-0.4, -0.2) is 37.2 Å². The first-order valence-electron chi connectivity index (χ1n) is 8.81. The average molecular weight is 345 g/mol. The highest BCUT2D eigenvalue weighted by molar-refractivity contribution is 5.46. The Morgan fingerprint density at radius 2 is 2.20 bits per heavy atom. The minimum atomic E-state index is 0.125. The van der Waals surface area contributed by atoms with E-state index in [1.165, 1.54) is 5.56 Å². The lowest BCUT2D eigenvalue weighted by Crippen LogP contribution is -2.24. The summed E-state index contributed by atoms with van der Waals surface area (Å²) in [6.45, 7) is 5.40. The lowest BCUT2D eigenvalue weighted by molar-refractivity contribution is 0.0903. The van der Waals surface area contributed by atoms with Crippen LogP contribution in [0.5, 0.6) is 11.5 Å². The van der Waals surface area contributed by atoms with Crippen LogP contribution in [0, 0.1) is 5.92 Å². The summed E-state index contributed by atoms with van der Waals surface area (Å²) in [5, 5.41) is 7.92. The van der Waals surface area contributed by atoms with Crippen molar-refractivity contribution in [2.24, 2.45) is 5.92 Å². The van der Waals surface area contributed by atoms with Gasteiger partial charge in [-0.05, 0) is 19.4 Å². The Morgan fingerprint density at radius 3 is 2.92 bits per heavy atom. The highest BCUT2D eigenvalue weighted by atomic mass is 16.5. The van der Waals surface area contributed by atoms with Crippen LogP contribution >= 0.6 is 0 Å². The second kappa shape index (κ2) is 8.36. The number of para-hydroxylation sites is 1. The van der Waals surface area contributed by atoms with Crippen molar-refractivity contribution in [2.75, 3.05) is 27.4 Å². The van der Waals surface area contributed by atoms with Gasteiger partial charge in [-0.25, -0.2) is 0 Å². The molecule has 136 valence electrons. The molecule has 1 aromatic carbocycles. The van der Waals surface area contributed by atoms with Crippen LogP contribution < -0.4 is 14.8 Å². The number of hydrogen-bond donors (Lipinski definition) is 1. The normalized spacial score (nSPS) is 20.0. The first kappa shape index (κ1) is 17.8. The van der Waals surface area contributed by atoms with E-state index in [0.29, 0.717) is 5.92 Å². The topological polar surface area (TPSA) is 57.5 Å². The molecule has 0 bridgehead atoms. The Balaban J connectivity index is 1.60. The number of aryl methyl sites for hydroxylation is 1. The van der Waals surface area contributed by atoms with Gasteiger partial charge in [-0.3, -0.25) is 4.68 Å². The minimum absolute atomic E-state index is 0.125. The van der Waals surface area contributed by atoms with E-state index >= 15 is 0 Å². The van der Waals surface area contributed by atoms with Gasteiger partial charge < -0.3 is 19.5 Å². The quantitative estimate of drug-likeness (QED) is 0.797. The van der Waals surface area contributed by atoms with Crippen LogP contribution in [0.25, 0.3) is 0 Å². The molecule has 2 heterocycles. The van der Waals surface area contributed by atoms with Gasteiger partial charge in [0, 0.05) is 49.5 Å². The summed E-state index contributed by atoms with van der Waals surface area (Å²) in [5.74, 6) is 2.00. The molecule has 6 nitrogen and oxygen atoms in total. The fraction of sp³-hybridized carbons (Fsp3) is 0.526. The molecule has 1 N–H and O–H groups in total. The molecule has 0 saturated carbocycles. The van der Waals surface area contributed by atoms with Gasteiger partial charge in [0.05, 0.1) is 26.5 Å². The van der Waals surface area contributed by atoms with E-state index in [-0.39, 0.29) is 6.10 Å². The van der Waals surface area contributed by atoms with Crippen molar-refractivity contribution in [2.45, 2.75) is 32.5 Å². The van der Waals surface area contributed by atoms with E-state index in [9.17, 15) is 0 Å². The maximum absolute atomic E-state index is 5.96. The Kier molecular flexibility index (Phi) is 5.94. The van der Waals surface area contributed by atoms with Crippen LogP contribution in [0.1, 0.15) is 30.6 Å². The predicted molar refractivity (Wildman–Crippen MR) is 96.0 cm³/mol. The van der Waals surface area contributed by atoms with Gasteiger partial charge in [-0.2, -0.15) is 5.10 Å². The zero-order chi connectivity index (χ0) is 17.6. The van der Waals surface area contributed by atoms with Gasteiger partial charge in [-0.15, -0.1) is 0 Å². The summed E-state index contributed by atoms with van der Waals surface area (Å²) >= 11 is 0. The average Bonchev–Trinajstić information content (AvgIpc) is 3.30. The lowest BCUT2D eigenvalue weighted by atomic mass is 9.97. The maximum Gasteiger partial charge on any atom is 0.165 e. The van der Waals surface area contributed by atoms with Gasteiger partial charge in [0.25, 0.3) is 0 Å². The summed E-state index contributed by atoms with van der Waals surface area (Å²) in [4.78, 5) is 0. The lowest BCUT2D eigenvalue weighted by Gasteiger charge is -2.19. The second-order valence-electron chi connectivity index (χ2n) is 6.25. The highest BCUT2D eigenvalue weighted by Gasteiger charge is 2.30. The van der Waals surface area contributed by atoms with E-state index in [4.69, 9.17) is 14.2 Å². The molecule has 0 aliphatic carbocycles. The van der Waals surface area contributed by atoms with Crippen LogP contribution in [0.4, 0.5) is 0 Å². The van der Waals surface area contributed by atoms with E-state index < -0.39 is 0 Å². The first-order chi connectivity index (χ1) is 12.3. The Bertz CT molecular complexity index is 686. The van der Waals surface area contributed by atoms with Crippen LogP contribution in [0.3, 0.4) is 0 Å². The van der Waals surface area contributed by atoms with Crippen molar-refractivity contribution in [1.29, 1.82) is 0 Å². The second-order valence-corrected chi connectivity index (χ2v) is 6.25. The van der Waals surface area contributed by atoms with E-state index in [0.717, 1.165) is 49.7 Å². The summed E-state index contributed by atoms with van der Waals surface area (Å²) in [7, 11) is 3.33. The van der Waals surface area contributed by atoms with Gasteiger partial charge in [0.1, 0.15) is 0 Å². The molecular weight excluding hydrogens is 318 g/mol. The van der Waals surface area contributed by atoms with E-state index in [1.807, 2.05) is 23.0 Å². The minimum Gasteiger partial charge on any atom is -0.493 e. The molecule has 1 aromatic heterocycles. The Morgan fingerprint density at radius 1 is 1.32 bits per heavy atom. The number of ether oxygens (including phenoxy) is 3. The summed E-state index contributed by atoms with van der Waals surface area (Å²) < 4.78 is 18.8. The largest absolute Gasteiger partial charge is 0.493 e. The number of nitrogens with zero attached hydrogens (tertiary/aromatic N) is 2. The van der Waals surface area contributed by atoms with Crippen LogP contribution in [-0.2, 0) is 17.8 Å². The molecule has 1 aliphatic heterocycles. The molecule has 1 saturated heterocycles. The Hall–Kier alpha value is -2.05. The van der Waals surface area contributed by atoms with Gasteiger partial charge >= 0.3 is 0 Å². The van der Waals surface area contributed by atoms with Crippen molar-refractivity contribution in [3.63, 3.8) is 0 Å². The smallest absolute Gasteiger partial charge is 0.165 e. The molecule has 2 aromatic rings. The van der Waals surface area contributed by atoms with Gasteiger partial charge in [0.15, 0.2) is 11.5 Å². The molecule has 0 spiro atoms. The number of hydrogen-bond acceptors (Lipinski definition) is 5. The number of benzene rings is 1. The van der Waals surface area contributed by atoms with Crippen molar-refractivity contribution in [3.05, 3.63) is 41.7 Å². The third-order valence-electron chi connectivity index (χ3n) is 4.73. The molecule has 6 heteroatoms. The summed E-state index contributed by atoms with van der Waals surface area (Å²) in [5.41, 5.74) is 2.27. The molecule has 0 unspecified atom stereocenters. The standard InChI is InChI=1S/C19H27N3O3/c1-4-22-13-16(12-21-22)18-15(8-9-25-18)11-20-10-14-6-5-7-17(23-2)19(14)24-3/h5-7,12-13,15,18,20H,4,8-11H2,1-3H3/t15-,18+/m1/s1. The molecule has 3 rings (SSSR count). The highest BCUT2D eigenvalue weighted by Crippen LogP contribution is 2.34. The van der Waals surface area contributed by atoms with Gasteiger partial charge in [0.2, 0.25) is 0 Å². The van der Waals surface area contributed by atoms with Crippen molar-refractivity contribution in [3.8, 4) is 11.5 Å². The fourth-order valence-electron chi connectivity index (χ4n) is 3.40. The fourth-order valence-corrected chi connectivity index (χ4v) is 3.40. The third kappa shape index (κ3) is 3.96.